The van der Waals surface area contributed by atoms with Crippen molar-refractivity contribution in [3.05, 3.63) is 0 Å². The number of aliphatic hydroxyl groups excluding tert-OH is 1. The Balaban J connectivity index is 1.70. The van der Waals surface area contributed by atoms with Crippen LogP contribution in [0.4, 0.5) is 0 Å². The van der Waals surface area contributed by atoms with Crippen molar-refractivity contribution >= 4 is 0 Å². The molecule has 3 nitrogen and oxygen atoms in total. The maximum Gasteiger partial charge on any atom is 0.0884 e. The fourth-order valence-corrected chi connectivity index (χ4v) is 6.32. The number of hydroxylamine groups is 2. The second-order valence-electron chi connectivity index (χ2n) is 9.57. The molecule has 3 rings (SSSR count). The number of aliphatic hydroxyl groups is 1. The molecule has 0 aromatic carbocycles. The number of hydrogen-bond donors (Lipinski definition) is 1. The molecule has 1 saturated heterocycles. The van der Waals surface area contributed by atoms with E-state index in [0.717, 1.165) is 12.3 Å². The number of nitrogens with zero attached hydrogens (tertiary/aromatic N) is 1. The van der Waals surface area contributed by atoms with E-state index in [1.165, 1.54) is 32.1 Å². The highest BCUT2D eigenvalue weighted by Crippen LogP contribution is 2.58. The highest BCUT2D eigenvalue weighted by Gasteiger charge is 2.53. The summed E-state index contributed by atoms with van der Waals surface area (Å²) >= 11 is 0. The second kappa shape index (κ2) is 6.00. The van der Waals surface area contributed by atoms with Crippen LogP contribution in [0.2, 0.25) is 0 Å². The lowest BCUT2D eigenvalue weighted by Crippen LogP contribution is -2.42. The van der Waals surface area contributed by atoms with Crippen LogP contribution in [0.15, 0.2) is 0 Å². The van der Waals surface area contributed by atoms with Crippen molar-refractivity contribution in [2.45, 2.75) is 90.9 Å². The van der Waals surface area contributed by atoms with Crippen molar-refractivity contribution in [3.8, 4) is 0 Å². The lowest BCUT2D eigenvalue weighted by Gasteiger charge is -2.45. The molecule has 2 aliphatic carbocycles. The topological polar surface area (TPSA) is 32.7 Å². The summed E-state index contributed by atoms with van der Waals surface area (Å²) < 4.78 is 0. The second-order valence-corrected chi connectivity index (χ2v) is 9.57. The van der Waals surface area contributed by atoms with Gasteiger partial charge in [0.1, 0.15) is 0 Å². The van der Waals surface area contributed by atoms with Crippen LogP contribution < -0.4 is 0 Å². The van der Waals surface area contributed by atoms with Gasteiger partial charge in [-0.05, 0) is 69.1 Å². The summed E-state index contributed by atoms with van der Waals surface area (Å²) in [5, 5.41) is 12.6. The molecule has 2 saturated carbocycles. The molecule has 0 aromatic rings. The fourth-order valence-electron chi connectivity index (χ4n) is 6.32. The number of fused-ring (bicyclic) bond motifs is 1. The SMILES string of the molecule is C[C@H](C[C@H]1[C@H](C)C(C)(C)ON1C)[C@H]1CC[C@H]2[C@@H](O)CCC[C@]12C. The minimum absolute atomic E-state index is 0.0533. The van der Waals surface area contributed by atoms with Crippen molar-refractivity contribution in [2.24, 2.45) is 29.1 Å². The van der Waals surface area contributed by atoms with E-state index in [2.05, 4.69) is 46.7 Å². The molecular formula is C20H37NO2. The minimum Gasteiger partial charge on any atom is -0.393 e. The Morgan fingerprint density at radius 3 is 2.52 bits per heavy atom. The van der Waals surface area contributed by atoms with E-state index in [9.17, 15) is 5.11 Å². The maximum atomic E-state index is 10.5. The van der Waals surface area contributed by atoms with E-state index < -0.39 is 0 Å². The van der Waals surface area contributed by atoms with Crippen LogP contribution in [0, 0.1) is 29.1 Å². The zero-order valence-corrected chi connectivity index (χ0v) is 16.0. The van der Waals surface area contributed by atoms with Gasteiger partial charge in [0.25, 0.3) is 0 Å². The van der Waals surface area contributed by atoms with Crippen LogP contribution >= 0.6 is 0 Å². The summed E-state index contributed by atoms with van der Waals surface area (Å²) in [6, 6.07) is 0.510. The fraction of sp³-hybridized carbons (Fsp3) is 1.00. The average Bonchev–Trinajstić information content (AvgIpc) is 2.89. The monoisotopic (exact) mass is 323 g/mol. The van der Waals surface area contributed by atoms with E-state index in [1.54, 1.807) is 0 Å². The van der Waals surface area contributed by atoms with Crippen LogP contribution in [0.1, 0.15) is 73.1 Å². The van der Waals surface area contributed by atoms with Crippen LogP contribution in [-0.4, -0.2) is 35.0 Å². The molecular weight excluding hydrogens is 286 g/mol. The Labute approximate surface area is 142 Å². The van der Waals surface area contributed by atoms with Gasteiger partial charge < -0.3 is 5.11 Å². The number of hydrogen-bond acceptors (Lipinski definition) is 3. The molecule has 1 heterocycles. The molecule has 3 fully saturated rings. The summed E-state index contributed by atoms with van der Waals surface area (Å²) in [5.41, 5.74) is 0.302. The van der Waals surface area contributed by atoms with Gasteiger partial charge in [-0.15, -0.1) is 0 Å². The van der Waals surface area contributed by atoms with Crippen LogP contribution in [-0.2, 0) is 4.84 Å². The zero-order valence-electron chi connectivity index (χ0n) is 16.0. The summed E-state index contributed by atoms with van der Waals surface area (Å²) in [5.74, 6) is 2.54. The largest absolute Gasteiger partial charge is 0.393 e. The molecule has 7 atom stereocenters. The van der Waals surface area contributed by atoms with Crippen molar-refractivity contribution in [1.29, 1.82) is 0 Å². The lowest BCUT2D eigenvalue weighted by atomic mass is 9.61. The minimum atomic E-state index is -0.0544. The van der Waals surface area contributed by atoms with Gasteiger partial charge in [-0.2, -0.15) is 5.06 Å². The highest BCUT2D eigenvalue weighted by atomic mass is 16.7. The third-order valence-electron chi connectivity index (χ3n) is 7.98. The predicted octanol–water partition coefficient (Wildman–Crippen LogP) is 4.25. The van der Waals surface area contributed by atoms with Gasteiger partial charge in [0.15, 0.2) is 0 Å². The quantitative estimate of drug-likeness (QED) is 0.843. The van der Waals surface area contributed by atoms with Crippen molar-refractivity contribution < 1.29 is 9.94 Å². The van der Waals surface area contributed by atoms with E-state index >= 15 is 0 Å². The van der Waals surface area contributed by atoms with Crippen molar-refractivity contribution in [1.82, 2.24) is 5.06 Å². The standard InChI is InChI=1S/C20H37NO2/c1-13(12-17-14(2)19(3,4)23-21(17)6)15-9-10-16-18(22)8-7-11-20(15,16)5/h13-18,22H,7-12H2,1-6H3/t13-,14+,15-,16+,17+,18+,20-/m1/s1. The first kappa shape index (κ1) is 17.7. The molecule has 0 aromatic heterocycles. The Bertz CT molecular complexity index is 437. The smallest absolute Gasteiger partial charge is 0.0884 e. The van der Waals surface area contributed by atoms with E-state index in [0.29, 0.717) is 29.2 Å². The average molecular weight is 324 g/mol. The molecule has 0 amide bonds. The van der Waals surface area contributed by atoms with E-state index in [-0.39, 0.29) is 11.7 Å². The van der Waals surface area contributed by atoms with Gasteiger partial charge in [-0.1, -0.05) is 27.2 Å². The molecule has 0 unspecified atom stereocenters. The molecule has 23 heavy (non-hydrogen) atoms. The molecule has 3 aliphatic rings. The number of rotatable bonds is 3. The Morgan fingerprint density at radius 1 is 1.22 bits per heavy atom. The first-order valence-electron chi connectivity index (χ1n) is 9.77. The Hall–Kier alpha value is -0.120. The maximum absolute atomic E-state index is 10.5. The third-order valence-corrected chi connectivity index (χ3v) is 7.98. The van der Waals surface area contributed by atoms with Gasteiger partial charge in [0.2, 0.25) is 0 Å². The molecule has 0 spiro atoms. The molecule has 0 radical (unpaired) electrons. The van der Waals surface area contributed by atoms with Gasteiger partial charge in [-0.3, -0.25) is 4.84 Å². The van der Waals surface area contributed by atoms with Crippen LogP contribution in [0.3, 0.4) is 0 Å². The summed E-state index contributed by atoms with van der Waals surface area (Å²) in [6.45, 7) is 11.7. The first-order chi connectivity index (χ1) is 10.7. The predicted molar refractivity (Wildman–Crippen MR) is 93.8 cm³/mol. The highest BCUT2D eigenvalue weighted by molar-refractivity contribution is 5.02. The summed E-state index contributed by atoms with van der Waals surface area (Å²) in [7, 11) is 2.10. The van der Waals surface area contributed by atoms with Crippen molar-refractivity contribution in [3.63, 3.8) is 0 Å². The van der Waals surface area contributed by atoms with Gasteiger partial charge >= 0.3 is 0 Å². The van der Waals surface area contributed by atoms with Gasteiger partial charge in [-0.25, -0.2) is 0 Å². The molecule has 134 valence electrons. The lowest BCUT2D eigenvalue weighted by molar-refractivity contribution is -0.180. The van der Waals surface area contributed by atoms with Crippen molar-refractivity contribution in [2.75, 3.05) is 7.05 Å². The first-order valence-corrected chi connectivity index (χ1v) is 9.77. The van der Waals surface area contributed by atoms with Crippen LogP contribution in [0.5, 0.6) is 0 Å². The normalized spacial score (nSPS) is 48.4. The molecule has 1 N–H and O–H groups in total. The van der Waals surface area contributed by atoms with Gasteiger partial charge in [0.05, 0.1) is 11.7 Å². The zero-order chi connectivity index (χ0) is 17.0. The summed E-state index contributed by atoms with van der Waals surface area (Å²) in [6.07, 6.45) is 7.21. The third kappa shape index (κ3) is 2.87. The molecule has 3 heteroatoms. The summed E-state index contributed by atoms with van der Waals surface area (Å²) in [4.78, 5) is 6.08. The Morgan fingerprint density at radius 2 is 1.91 bits per heavy atom. The molecule has 1 aliphatic heterocycles. The van der Waals surface area contributed by atoms with Crippen LogP contribution in [0.25, 0.3) is 0 Å². The van der Waals surface area contributed by atoms with E-state index in [1.807, 2.05) is 0 Å². The Kier molecular flexibility index (Phi) is 4.61. The van der Waals surface area contributed by atoms with E-state index in [4.69, 9.17) is 4.84 Å². The molecule has 0 bridgehead atoms. The van der Waals surface area contributed by atoms with Gasteiger partial charge in [0, 0.05) is 19.0 Å².